The van der Waals surface area contributed by atoms with Crippen molar-refractivity contribution < 1.29 is 13.2 Å². The zero-order valence-electron chi connectivity index (χ0n) is 13.0. The molecule has 2 N–H and O–H groups in total. The van der Waals surface area contributed by atoms with Crippen LogP contribution in [0.5, 0.6) is 0 Å². The van der Waals surface area contributed by atoms with E-state index in [1.165, 1.54) is 19.6 Å². The number of thiol groups is 1. The molecule has 0 aromatic carbocycles. The molecular formula is C13H20ClF3N4S2. The fraction of sp³-hybridized carbons (Fsp3) is 0.538. The van der Waals surface area contributed by atoms with Gasteiger partial charge in [-0.3, -0.25) is 10.9 Å². The third-order valence-electron chi connectivity index (χ3n) is 2.80. The lowest BCUT2D eigenvalue weighted by Gasteiger charge is -2.13. The van der Waals surface area contributed by atoms with E-state index in [-0.39, 0.29) is 15.2 Å². The molecule has 0 amide bonds. The summed E-state index contributed by atoms with van der Waals surface area (Å²) in [6.07, 6.45) is -3.81. The van der Waals surface area contributed by atoms with Gasteiger partial charge in [-0.2, -0.15) is 13.2 Å². The molecule has 4 nitrogen and oxygen atoms in total. The number of hydrazine groups is 1. The molecule has 0 fully saturated rings. The first-order chi connectivity index (χ1) is 10.6. The summed E-state index contributed by atoms with van der Waals surface area (Å²) in [4.78, 5) is 5.87. The van der Waals surface area contributed by atoms with Crippen LogP contribution in [-0.2, 0) is 6.18 Å². The van der Waals surface area contributed by atoms with Gasteiger partial charge < -0.3 is 4.90 Å². The standard InChI is InChI=1S/C7H5ClF3N3S2.C6H15N/c8-4-1-3(7(9,10)11)2-12-5(4)13-14-6(15)16;1-4-7(5-2)6-3/h1-2H,(H,12,13)(H2,14,15,16);4-6H2,1-3H3. The molecular weight excluding hydrogens is 369 g/mol. The number of anilines is 1. The molecule has 1 aromatic heterocycles. The lowest BCUT2D eigenvalue weighted by molar-refractivity contribution is -0.137. The minimum Gasteiger partial charge on any atom is -0.304 e. The Morgan fingerprint density at radius 2 is 1.83 bits per heavy atom. The zero-order chi connectivity index (χ0) is 18.0. The van der Waals surface area contributed by atoms with E-state index in [0.717, 1.165) is 6.07 Å². The number of nitrogens with zero attached hydrogens (tertiary/aromatic N) is 2. The van der Waals surface area contributed by atoms with Crippen molar-refractivity contribution in [2.24, 2.45) is 0 Å². The van der Waals surface area contributed by atoms with Gasteiger partial charge in [0.15, 0.2) is 5.82 Å². The Kier molecular flexibility index (Phi) is 10.5. The minimum absolute atomic E-state index is 0.0334. The molecule has 1 rings (SSSR count). The highest BCUT2D eigenvalue weighted by Gasteiger charge is 2.31. The number of hydrogen-bond acceptors (Lipinski definition) is 4. The van der Waals surface area contributed by atoms with E-state index in [1.807, 2.05) is 0 Å². The van der Waals surface area contributed by atoms with Crippen LogP contribution in [0.4, 0.5) is 19.0 Å². The normalized spacial score (nSPS) is 10.8. The van der Waals surface area contributed by atoms with Crippen LogP contribution in [0.15, 0.2) is 12.3 Å². The average molecular weight is 389 g/mol. The third-order valence-corrected chi connectivity index (χ3v) is 3.30. The summed E-state index contributed by atoms with van der Waals surface area (Å²) in [5.41, 5.74) is 3.87. The molecule has 1 heterocycles. The van der Waals surface area contributed by atoms with Crippen LogP contribution in [0.2, 0.25) is 5.02 Å². The largest absolute Gasteiger partial charge is 0.417 e. The Morgan fingerprint density at radius 3 is 2.13 bits per heavy atom. The smallest absolute Gasteiger partial charge is 0.304 e. The van der Waals surface area contributed by atoms with Crippen molar-refractivity contribution in [2.45, 2.75) is 26.9 Å². The molecule has 0 atom stereocenters. The molecule has 0 radical (unpaired) electrons. The Balaban J connectivity index is 0.000000585. The van der Waals surface area contributed by atoms with Crippen LogP contribution in [0.3, 0.4) is 0 Å². The van der Waals surface area contributed by atoms with Crippen LogP contribution in [-0.4, -0.2) is 33.8 Å². The van der Waals surface area contributed by atoms with Crippen LogP contribution in [0.1, 0.15) is 26.3 Å². The molecule has 0 aliphatic heterocycles. The molecule has 132 valence electrons. The molecule has 1 aromatic rings. The molecule has 0 spiro atoms. The fourth-order valence-electron chi connectivity index (χ4n) is 1.47. The minimum atomic E-state index is -4.47. The first-order valence-electron chi connectivity index (χ1n) is 6.85. The third kappa shape index (κ3) is 9.19. The Hall–Kier alpha value is -0.770. The van der Waals surface area contributed by atoms with Gasteiger partial charge in [-0.25, -0.2) is 4.98 Å². The van der Waals surface area contributed by atoms with Crippen molar-refractivity contribution in [3.05, 3.63) is 22.8 Å². The lowest BCUT2D eigenvalue weighted by Crippen LogP contribution is -2.24. The zero-order valence-corrected chi connectivity index (χ0v) is 15.5. The SMILES string of the molecule is CCN(CC)CC.FC(F)(F)c1cnc(NNC(=S)S)c(Cl)c1. The lowest BCUT2D eigenvalue weighted by atomic mass is 10.3. The van der Waals surface area contributed by atoms with Crippen molar-refractivity contribution in [3.8, 4) is 0 Å². The van der Waals surface area contributed by atoms with Gasteiger partial charge in [-0.1, -0.05) is 44.6 Å². The fourth-order valence-corrected chi connectivity index (χ4v) is 1.79. The summed E-state index contributed by atoms with van der Waals surface area (Å²) in [7, 11) is 0. The summed E-state index contributed by atoms with van der Waals surface area (Å²) in [5, 5.41) is -0.174. The van der Waals surface area contributed by atoms with E-state index in [2.05, 4.69) is 66.4 Å². The van der Waals surface area contributed by atoms with Gasteiger partial charge in [0.25, 0.3) is 0 Å². The number of thiocarbonyl (C=S) groups is 1. The summed E-state index contributed by atoms with van der Waals surface area (Å²) in [6.45, 7) is 10.1. The second-order valence-electron chi connectivity index (χ2n) is 4.23. The monoisotopic (exact) mass is 388 g/mol. The quantitative estimate of drug-likeness (QED) is 0.400. The number of halogens is 4. The number of hydrogen-bond donors (Lipinski definition) is 3. The highest BCUT2D eigenvalue weighted by molar-refractivity contribution is 8.11. The second-order valence-corrected chi connectivity index (χ2v) is 5.79. The molecule has 23 heavy (non-hydrogen) atoms. The number of nitrogens with one attached hydrogen (secondary N) is 2. The van der Waals surface area contributed by atoms with E-state index in [0.29, 0.717) is 6.20 Å². The van der Waals surface area contributed by atoms with Gasteiger partial charge in [0.1, 0.15) is 4.32 Å². The van der Waals surface area contributed by atoms with Gasteiger partial charge in [0.05, 0.1) is 10.6 Å². The predicted molar refractivity (Wildman–Crippen MR) is 96.1 cm³/mol. The molecule has 10 heteroatoms. The van der Waals surface area contributed by atoms with Gasteiger partial charge in [-0.05, 0) is 25.7 Å². The maximum Gasteiger partial charge on any atom is 0.417 e. The topological polar surface area (TPSA) is 40.2 Å². The van der Waals surface area contributed by atoms with E-state index in [9.17, 15) is 13.2 Å². The van der Waals surface area contributed by atoms with Gasteiger partial charge in [0.2, 0.25) is 0 Å². The molecule has 0 saturated carbocycles. The van der Waals surface area contributed by atoms with Crippen LogP contribution in [0, 0.1) is 0 Å². The van der Waals surface area contributed by atoms with Crippen LogP contribution in [0.25, 0.3) is 0 Å². The van der Waals surface area contributed by atoms with E-state index < -0.39 is 11.7 Å². The van der Waals surface area contributed by atoms with Crippen molar-refractivity contribution in [2.75, 3.05) is 25.1 Å². The van der Waals surface area contributed by atoms with Crippen LogP contribution >= 0.6 is 36.4 Å². The molecule has 0 unspecified atom stereocenters. The molecule has 0 saturated heterocycles. The first-order valence-corrected chi connectivity index (χ1v) is 8.08. The first kappa shape index (κ1) is 22.2. The predicted octanol–water partition coefficient (Wildman–Crippen LogP) is 4.23. The Morgan fingerprint density at radius 1 is 1.30 bits per heavy atom. The number of pyridine rings is 1. The number of aromatic nitrogens is 1. The highest BCUT2D eigenvalue weighted by atomic mass is 35.5. The Labute approximate surface area is 150 Å². The van der Waals surface area contributed by atoms with E-state index in [4.69, 9.17) is 11.6 Å². The number of rotatable bonds is 5. The average Bonchev–Trinajstić information content (AvgIpc) is 2.47. The van der Waals surface area contributed by atoms with Crippen molar-refractivity contribution in [3.63, 3.8) is 0 Å². The molecule has 0 aliphatic carbocycles. The highest BCUT2D eigenvalue weighted by Crippen LogP contribution is 2.32. The van der Waals surface area contributed by atoms with Gasteiger partial charge >= 0.3 is 6.18 Å². The van der Waals surface area contributed by atoms with E-state index >= 15 is 0 Å². The Bertz CT molecular complexity index is 491. The van der Waals surface area contributed by atoms with Crippen molar-refractivity contribution >= 4 is 46.6 Å². The maximum atomic E-state index is 12.2. The van der Waals surface area contributed by atoms with Crippen molar-refractivity contribution in [1.82, 2.24) is 15.3 Å². The van der Waals surface area contributed by atoms with Gasteiger partial charge in [0, 0.05) is 6.20 Å². The summed E-state index contributed by atoms with van der Waals surface area (Å²) >= 11 is 13.9. The summed E-state index contributed by atoms with van der Waals surface area (Å²) < 4.78 is 36.8. The second kappa shape index (κ2) is 10.9. The molecule has 0 bridgehead atoms. The summed E-state index contributed by atoms with van der Waals surface area (Å²) in [5.74, 6) is 0.0334. The van der Waals surface area contributed by atoms with Crippen LogP contribution < -0.4 is 10.9 Å². The van der Waals surface area contributed by atoms with Gasteiger partial charge in [-0.15, -0.1) is 12.6 Å². The van der Waals surface area contributed by atoms with E-state index in [1.54, 1.807) is 0 Å². The van der Waals surface area contributed by atoms with Crippen molar-refractivity contribution in [1.29, 1.82) is 0 Å². The maximum absolute atomic E-state index is 12.2. The number of alkyl halides is 3. The summed E-state index contributed by atoms with van der Waals surface area (Å²) in [6, 6.07) is 0.764. The molecule has 0 aliphatic rings.